The summed E-state index contributed by atoms with van der Waals surface area (Å²) in [6.45, 7) is 2.15. The fourth-order valence-corrected chi connectivity index (χ4v) is 2.39. The van der Waals surface area contributed by atoms with Crippen molar-refractivity contribution in [2.24, 2.45) is 0 Å². The summed E-state index contributed by atoms with van der Waals surface area (Å²) in [4.78, 5) is 23.1. The van der Waals surface area contributed by atoms with Crippen molar-refractivity contribution in [3.63, 3.8) is 0 Å². The van der Waals surface area contributed by atoms with Crippen LogP contribution in [0.25, 0.3) is 0 Å². The first-order valence-corrected chi connectivity index (χ1v) is 8.25. The number of ether oxygens (including phenoxy) is 1. The van der Waals surface area contributed by atoms with Crippen molar-refractivity contribution in [1.82, 2.24) is 0 Å². The first-order chi connectivity index (χ1) is 11.7. The molecular formula is C20H23NO3. The third kappa shape index (κ3) is 6.24. The van der Waals surface area contributed by atoms with Crippen LogP contribution in [0.5, 0.6) is 0 Å². The Bertz CT molecular complexity index is 650. The maximum absolute atomic E-state index is 11.9. The third-order valence-electron chi connectivity index (χ3n) is 3.58. The summed E-state index contributed by atoms with van der Waals surface area (Å²) in [7, 11) is 0. The molecule has 1 amide bonds. The number of hydrogen-bond donors (Lipinski definition) is 1. The van der Waals surface area contributed by atoms with Gasteiger partial charge >= 0.3 is 5.97 Å². The molecule has 0 spiro atoms. The number of nitrogens with one attached hydrogen (secondary N) is 1. The molecule has 0 aliphatic rings. The van der Waals surface area contributed by atoms with E-state index in [-0.39, 0.29) is 18.3 Å². The average molecular weight is 325 g/mol. The minimum Gasteiger partial charge on any atom is -0.466 e. The first kappa shape index (κ1) is 17.7. The van der Waals surface area contributed by atoms with E-state index in [4.69, 9.17) is 4.74 Å². The second-order valence-corrected chi connectivity index (χ2v) is 5.57. The van der Waals surface area contributed by atoms with Crippen LogP contribution in [0, 0.1) is 0 Å². The van der Waals surface area contributed by atoms with E-state index in [1.54, 1.807) is 6.92 Å². The van der Waals surface area contributed by atoms with Gasteiger partial charge in [0.05, 0.1) is 6.61 Å². The van der Waals surface area contributed by atoms with Crippen LogP contribution in [0.15, 0.2) is 54.6 Å². The zero-order chi connectivity index (χ0) is 17.2. The van der Waals surface area contributed by atoms with Crippen LogP contribution in [0.4, 0.5) is 5.69 Å². The molecule has 4 heteroatoms. The highest BCUT2D eigenvalue weighted by Crippen LogP contribution is 2.14. The van der Waals surface area contributed by atoms with Crippen molar-refractivity contribution in [3.05, 3.63) is 65.7 Å². The monoisotopic (exact) mass is 325 g/mol. The van der Waals surface area contributed by atoms with Crippen LogP contribution in [-0.2, 0) is 20.7 Å². The van der Waals surface area contributed by atoms with E-state index in [9.17, 15) is 9.59 Å². The van der Waals surface area contributed by atoms with Gasteiger partial charge in [0.25, 0.3) is 0 Å². The number of benzene rings is 2. The van der Waals surface area contributed by atoms with Crippen LogP contribution >= 0.6 is 0 Å². The zero-order valence-electron chi connectivity index (χ0n) is 14.0. The predicted octanol–water partition coefficient (Wildman–Crippen LogP) is 3.95. The standard InChI is InChI=1S/C20H23NO3/c1-2-24-20(23)10-6-9-19(22)21-18-13-11-17(12-14-18)15-16-7-4-3-5-8-16/h3-5,7-8,11-14H,2,6,9-10,15H2,1H3,(H,21,22). The Hall–Kier alpha value is -2.62. The smallest absolute Gasteiger partial charge is 0.305 e. The van der Waals surface area contributed by atoms with Crippen molar-refractivity contribution in [2.45, 2.75) is 32.6 Å². The fraction of sp³-hybridized carbons (Fsp3) is 0.300. The van der Waals surface area contributed by atoms with Gasteiger partial charge in [-0.05, 0) is 43.0 Å². The second-order valence-electron chi connectivity index (χ2n) is 5.57. The van der Waals surface area contributed by atoms with Gasteiger partial charge in [0.1, 0.15) is 0 Å². The molecule has 2 aromatic rings. The van der Waals surface area contributed by atoms with Crippen molar-refractivity contribution >= 4 is 17.6 Å². The van der Waals surface area contributed by atoms with Crippen molar-refractivity contribution in [1.29, 1.82) is 0 Å². The molecule has 0 fully saturated rings. The van der Waals surface area contributed by atoms with Crippen LogP contribution in [0.1, 0.15) is 37.3 Å². The molecular weight excluding hydrogens is 302 g/mol. The van der Waals surface area contributed by atoms with Gasteiger partial charge in [-0.25, -0.2) is 0 Å². The Balaban J connectivity index is 1.76. The van der Waals surface area contributed by atoms with E-state index in [2.05, 4.69) is 17.4 Å². The van der Waals surface area contributed by atoms with E-state index < -0.39 is 0 Å². The highest BCUT2D eigenvalue weighted by atomic mass is 16.5. The van der Waals surface area contributed by atoms with Crippen molar-refractivity contribution in [2.75, 3.05) is 11.9 Å². The number of carbonyl (C=O) groups is 2. The molecule has 0 radical (unpaired) electrons. The molecule has 0 saturated heterocycles. The van der Waals surface area contributed by atoms with Crippen molar-refractivity contribution in [3.8, 4) is 0 Å². The highest BCUT2D eigenvalue weighted by molar-refractivity contribution is 5.90. The van der Waals surface area contributed by atoms with E-state index in [0.29, 0.717) is 19.4 Å². The van der Waals surface area contributed by atoms with Crippen LogP contribution < -0.4 is 5.32 Å². The lowest BCUT2D eigenvalue weighted by Crippen LogP contribution is -2.12. The van der Waals surface area contributed by atoms with Gasteiger partial charge in [-0.2, -0.15) is 0 Å². The number of hydrogen-bond acceptors (Lipinski definition) is 3. The van der Waals surface area contributed by atoms with Crippen LogP contribution in [-0.4, -0.2) is 18.5 Å². The summed E-state index contributed by atoms with van der Waals surface area (Å²) in [6, 6.07) is 18.1. The Morgan fingerprint density at radius 3 is 2.25 bits per heavy atom. The molecule has 0 atom stereocenters. The maximum Gasteiger partial charge on any atom is 0.305 e. The van der Waals surface area contributed by atoms with Gasteiger partial charge in [-0.1, -0.05) is 42.5 Å². The molecule has 1 N–H and O–H groups in total. The minimum atomic E-state index is -0.254. The summed E-state index contributed by atoms with van der Waals surface area (Å²) in [5, 5.41) is 2.85. The van der Waals surface area contributed by atoms with Gasteiger partial charge < -0.3 is 10.1 Å². The Kier molecular flexibility index (Phi) is 7.02. The highest BCUT2D eigenvalue weighted by Gasteiger charge is 2.06. The molecule has 0 bridgehead atoms. The van der Waals surface area contributed by atoms with Gasteiger partial charge in [0.15, 0.2) is 0 Å². The Labute approximate surface area is 142 Å². The first-order valence-electron chi connectivity index (χ1n) is 8.25. The molecule has 4 nitrogen and oxygen atoms in total. The molecule has 0 saturated carbocycles. The van der Waals surface area contributed by atoms with E-state index >= 15 is 0 Å². The van der Waals surface area contributed by atoms with Crippen LogP contribution in [0.2, 0.25) is 0 Å². The Morgan fingerprint density at radius 1 is 0.917 bits per heavy atom. The largest absolute Gasteiger partial charge is 0.466 e. The van der Waals surface area contributed by atoms with E-state index in [0.717, 1.165) is 12.1 Å². The van der Waals surface area contributed by atoms with E-state index in [1.165, 1.54) is 11.1 Å². The van der Waals surface area contributed by atoms with Gasteiger partial charge in [-0.3, -0.25) is 9.59 Å². The molecule has 2 aromatic carbocycles. The molecule has 2 rings (SSSR count). The lowest BCUT2D eigenvalue weighted by Gasteiger charge is -2.07. The summed E-state index contributed by atoms with van der Waals surface area (Å²) in [5.74, 6) is -0.342. The number of esters is 1. The summed E-state index contributed by atoms with van der Waals surface area (Å²) < 4.78 is 4.83. The molecule has 24 heavy (non-hydrogen) atoms. The summed E-state index contributed by atoms with van der Waals surface area (Å²) in [5.41, 5.74) is 3.22. The molecule has 0 heterocycles. The number of carbonyl (C=O) groups excluding carboxylic acids is 2. The Morgan fingerprint density at radius 2 is 1.58 bits per heavy atom. The lowest BCUT2D eigenvalue weighted by atomic mass is 10.0. The molecule has 126 valence electrons. The molecule has 0 unspecified atom stereocenters. The maximum atomic E-state index is 11.9. The van der Waals surface area contributed by atoms with Crippen LogP contribution in [0.3, 0.4) is 0 Å². The fourth-order valence-electron chi connectivity index (χ4n) is 2.39. The average Bonchev–Trinajstić information content (AvgIpc) is 2.58. The number of rotatable bonds is 8. The van der Waals surface area contributed by atoms with E-state index in [1.807, 2.05) is 42.5 Å². The quantitative estimate of drug-likeness (QED) is 0.748. The van der Waals surface area contributed by atoms with Crippen molar-refractivity contribution < 1.29 is 14.3 Å². The predicted molar refractivity (Wildman–Crippen MR) is 94.8 cm³/mol. The minimum absolute atomic E-state index is 0.0879. The number of anilines is 1. The second kappa shape index (κ2) is 9.50. The number of amides is 1. The summed E-state index contributed by atoms with van der Waals surface area (Å²) in [6.07, 6.45) is 1.95. The normalized spacial score (nSPS) is 10.2. The molecule has 0 aliphatic carbocycles. The summed E-state index contributed by atoms with van der Waals surface area (Å²) >= 11 is 0. The third-order valence-corrected chi connectivity index (χ3v) is 3.58. The van der Waals surface area contributed by atoms with Gasteiger partial charge in [0, 0.05) is 18.5 Å². The zero-order valence-corrected chi connectivity index (χ0v) is 14.0. The van der Waals surface area contributed by atoms with Gasteiger partial charge in [-0.15, -0.1) is 0 Å². The molecule has 0 aliphatic heterocycles. The lowest BCUT2D eigenvalue weighted by molar-refractivity contribution is -0.143. The topological polar surface area (TPSA) is 55.4 Å². The molecule has 0 aromatic heterocycles. The SMILES string of the molecule is CCOC(=O)CCCC(=O)Nc1ccc(Cc2ccccc2)cc1. The van der Waals surface area contributed by atoms with Gasteiger partial charge in [0.2, 0.25) is 5.91 Å².